The summed E-state index contributed by atoms with van der Waals surface area (Å²) in [6.45, 7) is 7.08. The Balaban J connectivity index is 2.59. The van der Waals surface area contributed by atoms with E-state index in [9.17, 15) is 9.59 Å². The summed E-state index contributed by atoms with van der Waals surface area (Å²) in [7, 11) is 0. The zero-order valence-corrected chi connectivity index (χ0v) is 10.7. The molecule has 1 amide bonds. The summed E-state index contributed by atoms with van der Waals surface area (Å²) in [6.07, 6.45) is 3.08. The monoisotopic (exact) mass is 241 g/mol. The first kappa shape index (κ1) is 13.5. The maximum atomic E-state index is 11.8. The summed E-state index contributed by atoms with van der Waals surface area (Å²) in [4.78, 5) is 24.3. The molecule has 0 aromatic heterocycles. The molecule has 0 fully saturated rings. The summed E-state index contributed by atoms with van der Waals surface area (Å²) in [5, 5.41) is 0. The highest BCUT2D eigenvalue weighted by Gasteiger charge is 2.31. The summed E-state index contributed by atoms with van der Waals surface area (Å²) in [5.41, 5.74) is -0.563. The lowest BCUT2D eigenvalue weighted by atomic mass is 10.2. The van der Waals surface area contributed by atoms with Crippen molar-refractivity contribution in [1.29, 1.82) is 0 Å². The van der Waals surface area contributed by atoms with E-state index in [0.717, 1.165) is 0 Å². The molecule has 0 radical (unpaired) electrons. The normalized spacial score (nSPS) is 19.3. The van der Waals surface area contributed by atoms with Gasteiger partial charge in [0.2, 0.25) is 0 Å². The van der Waals surface area contributed by atoms with Crippen LogP contribution in [-0.2, 0) is 14.3 Å². The van der Waals surface area contributed by atoms with Crippen LogP contribution >= 0.6 is 0 Å². The predicted octanol–water partition coefficient (Wildman–Crippen LogP) is 2.42. The average molecular weight is 241 g/mol. The average Bonchev–Trinajstić information content (AvgIpc) is 2.63. The van der Waals surface area contributed by atoms with Crippen molar-refractivity contribution in [3.63, 3.8) is 0 Å². The second-order valence-corrected chi connectivity index (χ2v) is 4.81. The van der Waals surface area contributed by atoms with E-state index in [4.69, 9.17) is 9.47 Å². The summed E-state index contributed by atoms with van der Waals surface area (Å²) in [5.74, 6) is -0.327. The molecule has 0 aromatic carbocycles. The van der Waals surface area contributed by atoms with Crippen LogP contribution in [0.1, 0.15) is 40.5 Å². The molecule has 17 heavy (non-hydrogen) atoms. The molecule has 0 spiro atoms. The van der Waals surface area contributed by atoms with Crippen molar-refractivity contribution in [2.75, 3.05) is 0 Å². The van der Waals surface area contributed by atoms with Crippen molar-refractivity contribution in [2.45, 2.75) is 52.4 Å². The lowest BCUT2D eigenvalue weighted by Crippen LogP contribution is -2.39. The molecule has 1 rings (SSSR count). The number of amides is 1. The first-order valence-electron chi connectivity index (χ1n) is 5.71. The minimum Gasteiger partial charge on any atom is -0.443 e. The van der Waals surface area contributed by atoms with E-state index in [1.807, 2.05) is 0 Å². The molecule has 5 heteroatoms. The first-order valence-corrected chi connectivity index (χ1v) is 5.71. The lowest BCUT2D eigenvalue weighted by Gasteiger charge is -2.27. The van der Waals surface area contributed by atoms with Crippen molar-refractivity contribution < 1.29 is 19.1 Å². The Kier molecular flexibility index (Phi) is 4.15. The highest BCUT2D eigenvalue weighted by atomic mass is 16.6. The number of hydrogen-bond donors (Lipinski definition) is 0. The van der Waals surface area contributed by atoms with Crippen LogP contribution in [0.2, 0.25) is 0 Å². The molecule has 0 saturated carbocycles. The molecular weight excluding hydrogens is 222 g/mol. The lowest BCUT2D eigenvalue weighted by molar-refractivity contribution is -0.154. The Morgan fingerprint density at radius 2 is 2.06 bits per heavy atom. The van der Waals surface area contributed by atoms with E-state index < -0.39 is 17.9 Å². The highest BCUT2D eigenvalue weighted by Crippen LogP contribution is 2.20. The minimum absolute atomic E-state index is 0.290. The van der Waals surface area contributed by atoms with Crippen LogP contribution in [0.3, 0.4) is 0 Å². The second-order valence-electron chi connectivity index (χ2n) is 4.81. The Morgan fingerprint density at radius 3 is 2.59 bits per heavy atom. The number of carbonyl (C=O) groups excluding carboxylic acids is 2. The molecular formula is C12H19NO4. The van der Waals surface area contributed by atoms with Gasteiger partial charge >= 0.3 is 12.1 Å². The van der Waals surface area contributed by atoms with Crippen LogP contribution in [0.4, 0.5) is 4.79 Å². The Labute approximate surface area is 101 Å². The van der Waals surface area contributed by atoms with Crippen molar-refractivity contribution in [3.05, 3.63) is 12.3 Å². The van der Waals surface area contributed by atoms with Gasteiger partial charge in [0, 0.05) is 19.0 Å². The van der Waals surface area contributed by atoms with Crippen LogP contribution < -0.4 is 0 Å². The van der Waals surface area contributed by atoms with Crippen LogP contribution in [0.5, 0.6) is 0 Å². The van der Waals surface area contributed by atoms with Crippen LogP contribution in [0.25, 0.3) is 0 Å². The summed E-state index contributed by atoms with van der Waals surface area (Å²) in [6, 6.07) is 0. The SMILES string of the molecule is CCC(=O)OC1CC=CN1C(=O)OC(C)(C)C. The maximum Gasteiger partial charge on any atom is 0.417 e. The predicted molar refractivity (Wildman–Crippen MR) is 62.0 cm³/mol. The standard InChI is InChI=1S/C12H19NO4/c1-5-10(14)16-9-7-6-8-13(9)11(15)17-12(2,3)4/h6,8-9H,5,7H2,1-4H3. The number of rotatable bonds is 2. The van der Waals surface area contributed by atoms with Gasteiger partial charge in [-0.05, 0) is 20.8 Å². The number of nitrogens with zero attached hydrogens (tertiary/aromatic N) is 1. The Morgan fingerprint density at radius 1 is 1.41 bits per heavy atom. The molecule has 1 aliphatic heterocycles. The zero-order chi connectivity index (χ0) is 13.1. The fourth-order valence-corrected chi connectivity index (χ4v) is 1.33. The molecule has 1 unspecified atom stereocenters. The molecule has 96 valence electrons. The van der Waals surface area contributed by atoms with Gasteiger partial charge in [0.25, 0.3) is 0 Å². The van der Waals surface area contributed by atoms with Gasteiger partial charge in [-0.3, -0.25) is 4.79 Å². The van der Waals surface area contributed by atoms with Crippen molar-refractivity contribution >= 4 is 12.1 Å². The summed E-state index contributed by atoms with van der Waals surface area (Å²) >= 11 is 0. The smallest absolute Gasteiger partial charge is 0.417 e. The van der Waals surface area contributed by atoms with Gasteiger partial charge in [-0.1, -0.05) is 13.0 Å². The van der Waals surface area contributed by atoms with Gasteiger partial charge in [0.1, 0.15) is 5.60 Å². The fourth-order valence-electron chi connectivity index (χ4n) is 1.33. The van der Waals surface area contributed by atoms with Crippen molar-refractivity contribution in [2.24, 2.45) is 0 Å². The molecule has 1 aliphatic rings. The molecule has 5 nitrogen and oxygen atoms in total. The van der Waals surface area contributed by atoms with E-state index in [1.165, 1.54) is 4.90 Å². The first-order chi connectivity index (χ1) is 7.83. The van der Waals surface area contributed by atoms with Crippen LogP contribution in [-0.4, -0.2) is 28.8 Å². The minimum atomic E-state index is -0.572. The Bertz CT molecular complexity index is 330. The third-order valence-corrected chi connectivity index (χ3v) is 2.07. The maximum absolute atomic E-state index is 11.8. The number of esters is 1. The molecule has 0 saturated heterocycles. The van der Waals surface area contributed by atoms with E-state index in [2.05, 4.69) is 0 Å². The molecule has 0 aromatic rings. The van der Waals surface area contributed by atoms with Gasteiger partial charge in [0.05, 0.1) is 0 Å². The van der Waals surface area contributed by atoms with Crippen molar-refractivity contribution in [1.82, 2.24) is 4.90 Å². The summed E-state index contributed by atoms with van der Waals surface area (Å²) < 4.78 is 10.3. The van der Waals surface area contributed by atoms with E-state index in [0.29, 0.717) is 12.8 Å². The molecule has 1 heterocycles. The third kappa shape index (κ3) is 4.09. The van der Waals surface area contributed by atoms with Gasteiger partial charge in [-0.25, -0.2) is 9.69 Å². The topological polar surface area (TPSA) is 55.8 Å². The molecule has 0 N–H and O–H groups in total. The van der Waals surface area contributed by atoms with Crippen LogP contribution in [0.15, 0.2) is 12.3 Å². The fraction of sp³-hybridized carbons (Fsp3) is 0.667. The quantitative estimate of drug-likeness (QED) is 0.697. The largest absolute Gasteiger partial charge is 0.443 e. The number of hydrogen-bond acceptors (Lipinski definition) is 4. The molecule has 1 atom stereocenters. The second kappa shape index (κ2) is 5.21. The highest BCUT2D eigenvalue weighted by molar-refractivity contribution is 5.72. The number of ether oxygens (including phenoxy) is 2. The van der Waals surface area contributed by atoms with Crippen LogP contribution in [0, 0.1) is 0 Å². The van der Waals surface area contributed by atoms with Gasteiger partial charge in [-0.2, -0.15) is 0 Å². The molecule has 0 aliphatic carbocycles. The Hall–Kier alpha value is -1.52. The van der Waals surface area contributed by atoms with Gasteiger partial charge in [0.15, 0.2) is 6.23 Å². The van der Waals surface area contributed by atoms with E-state index in [1.54, 1.807) is 40.0 Å². The third-order valence-electron chi connectivity index (χ3n) is 2.07. The molecule has 0 bridgehead atoms. The van der Waals surface area contributed by atoms with Gasteiger partial charge in [-0.15, -0.1) is 0 Å². The van der Waals surface area contributed by atoms with Gasteiger partial charge < -0.3 is 9.47 Å². The number of carbonyl (C=O) groups is 2. The van der Waals surface area contributed by atoms with E-state index in [-0.39, 0.29) is 5.97 Å². The van der Waals surface area contributed by atoms with Crippen molar-refractivity contribution in [3.8, 4) is 0 Å². The van der Waals surface area contributed by atoms with E-state index >= 15 is 0 Å². The zero-order valence-electron chi connectivity index (χ0n) is 10.7.